The first-order chi connectivity index (χ1) is 14.4. The van der Waals surface area contributed by atoms with E-state index < -0.39 is 10.8 Å². The zero-order chi connectivity index (χ0) is 21.3. The van der Waals surface area contributed by atoms with Crippen molar-refractivity contribution in [3.8, 4) is 5.75 Å². The normalized spacial score (nSPS) is 19.2. The SMILES string of the molecule is CN1CCN(C(=O)CN2C(=O)COc3ccc([N+](=O)[O-])cc32)C(c2ccccc2)C1. The number of ether oxygens (including phenoxy) is 1. The fourth-order valence-corrected chi connectivity index (χ4v) is 3.88. The van der Waals surface area contributed by atoms with Gasteiger partial charge in [-0.3, -0.25) is 24.6 Å². The average Bonchev–Trinajstić information content (AvgIpc) is 2.75. The largest absolute Gasteiger partial charge is 0.482 e. The van der Waals surface area contributed by atoms with Crippen molar-refractivity contribution >= 4 is 23.2 Å². The number of rotatable bonds is 4. The molecule has 2 heterocycles. The van der Waals surface area contributed by atoms with E-state index in [0.717, 1.165) is 12.1 Å². The predicted molar refractivity (Wildman–Crippen MR) is 109 cm³/mol. The number of carbonyl (C=O) groups excluding carboxylic acids is 2. The zero-order valence-corrected chi connectivity index (χ0v) is 16.6. The number of anilines is 1. The van der Waals surface area contributed by atoms with E-state index in [9.17, 15) is 19.7 Å². The summed E-state index contributed by atoms with van der Waals surface area (Å²) in [6, 6.07) is 13.7. The molecule has 2 aliphatic rings. The van der Waals surface area contributed by atoms with Gasteiger partial charge in [-0.05, 0) is 18.7 Å². The molecule has 9 nitrogen and oxygen atoms in total. The molecule has 0 bridgehead atoms. The van der Waals surface area contributed by atoms with Gasteiger partial charge in [0.05, 0.1) is 16.7 Å². The molecule has 0 spiro atoms. The topological polar surface area (TPSA) is 96.2 Å². The predicted octanol–water partition coefficient (Wildman–Crippen LogP) is 1.84. The van der Waals surface area contributed by atoms with Crippen molar-refractivity contribution < 1.29 is 19.2 Å². The Labute approximate surface area is 173 Å². The lowest BCUT2D eigenvalue weighted by Gasteiger charge is -2.41. The highest BCUT2D eigenvalue weighted by molar-refractivity contribution is 6.02. The summed E-state index contributed by atoms with van der Waals surface area (Å²) in [4.78, 5) is 41.6. The van der Waals surface area contributed by atoms with Crippen LogP contribution >= 0.6 is 0 Å². The highest BCUT2D eigenvalue weighted by Crippen LogP contribution is 2.35. The van der Waals surface area contributed by atoms with Crippen LogP contribution in [0.1, 0.15) is 11.6 Å². The lowest BCUT2D eigenvalue weighted by atomic mass is 10.0. The molecule has 2 aromatic rings. The van der Waals surface area contributed by atoms with Crippen molar-refractivity contribution in [1.29, 1.82) is 0 Å². The number of nitro benzene ring substituents is 1. The average molecular weight is 410 g/mol. The molecule has 156 valence electrons. The number of nitro groups is 1. The number of likely N-dealkylation sites (N-methyl/N-ethyl adjacent to an activating group) is 1. The molecule has 0 saturated carbocycles. The summed E-state index contributed by atoms with van der Waals surface area (Å²) in [5.74, 6) is -0.252. The van der Waals surface area contributed by atoms with Crippen molar-refractivity contribution in [3.63, 3.8) is 0 Å². The number of non-ortho nitro benzene ring substituents is 1. The first-order valence-corrected chi connectivity index (χ1v) is 9.68. The van der Waals surface area contributed by atoms with Crippen LogP contribution in [0.25, 0.3) is 0 Å². The van der Waals surface area contributed by atoms with Crippen molar-refractivity contribution in [2.45, 2.75) is 6.04 Å². The number of carbonyl (C=O) groups is 2. The van der Waals surface area contributed by atoms with Gasteiger partial charge in [-0.2, -0.15) is 0 Å². The molecule has 4 rings (SSSR count). The van der Waals surface area contributed by atoms with Crippen LogP contribution in [0.4, 0.5) is 11.4 Å². The minimum absolute atomic E-state index is 0.127. The number of piperazine rings is 1. The van der Waals surface area contributed by atoms with Gasteiger partial charge >= 0.3 is 0 Å². The van der Waals surface area contributed by atoms with Gasteiger partial charge in [-0.25, -0.2) is 0 Å². The maximum atomic E-state index is 13.3. The van der Waals surface area contributed by atoms with Crippen LogP contribution in [0, 0.1) is 10.1 Å². The van der Waals surface area contributed by atoms with Crippen LogP contribution in [0.5, 0.6) is 5.75 Å². The molecule has 2 aromatic carbocycles. The quantitative estimate of drug-likeness (QED) is 0.564. The van der Waals surface area contributed by atoms with Gasteiger partial charge in [-0.1, -0.05) is 30.3 Å². The number of benzene rings is 2. The zero-order valence-electron chi connectivity index (χ0n) is 16.6. The highest BCUT2D eigenvalue weighted by Gasteiger charge is 2.34. The van der Waals surface area contributed by atoms with Crippen molar-refractivity contribution in [1.82, 2.24) is 9.80 Å². The first kappa shape index (κ1) is 19.8. The minimum Gasteiger partial charge on any atom is -0.482 e. The summed E-state index contributed by atoms with van der Waals surface area (Å²) in [7, 11) is 2.01. The van der Waals surface area contributed by atoms with Crippen molar-refractivity contribution in [2.24, 2.45) is 0 Å². The van der Waals surface area contributed by atoms with Crippen LogP contribution in [0.15, 0.2) is 48.5 Å². The minimum atomic E-state index is -0.536. The van der Waals surface area contributed by atoms with Crippen molar-refractivity contribution in [3.05, 3.63) is 64.2 Å². The summed E-state index contributed by atoms with van der Waals surface area (Å²) in [6.45, 7) is 1.56. The molecule has 2 amide bonds. The third kappa shape index (κ3) is 3.84. The summed E-state index contributed by atoms with van der Waals surface area (Å²) in [6.07, 6.45) is 0. The van der Waals surface area contributed by atoms with E-state index >= 15 is 0 Å². The molecule has 0 aliphatic carbocycles. The maximum absolute atomic E-state index is 13.3. The van der Waals surface area contributed by atoms with Crippen molar-refractivity contribution in [2.75, 3.05) is 44.7 Å². The fraction of sp³-hybridized carbons (Fsp3) is 0.333. The molecule has 9 heteroatoms. The van der Waals surface area contributed by atoms with Crippen LogP contribution in [0.2, 0.25) is 0 Å². The van der Waals surface area contributed by atoms with Gasteiger partial charge in [0.25, 0.3) is 11.6 Å². The van der Waals surface area contributed by atoms with Crippen LogP contribution in [-0.4, -0.2) is 66.4 Å². The Morgan fingerprint density at radius 2 is 1.97 bits per heavy atom. The summed E-state index contributed by atoms with van der Waals surface area (Å²) >= 11 is 0. The lowest BCUT2D eigenvalue weighted by molar-refractivity contribution is -0.384. The Morgan fingerprint density at radius 3 is 2.70 bits per heavy atom. The molecule has 0 radical (unpaired) electrons. The molecule has 30 heavy (non-hydrogen) atoms. The second-order valence-corrected chi connectivity index (χ2v) is 7.45. The van der Waals surface area contributed by atoms with E-state index in [1.807, 2.05) is 37.4 Å². The van der Waals surface area contributed by atoms with Gasteiger partial charge in [0.1, 0.15) is 12.3 Å². The molecular formula is C21H22N4O5. The molecule has 1 unspecified atom stereocenters. The van der Waals surface area contributed by atoms with Gasteiger partial charge in [0, 0.05) is 31.8 Å². The summed E-state index contributed by atoms with van der Waals surface area (Å²) in [5, 5.41) is 11.2. The highest BCUT2D eigenvalue weighted by atomic mass is 16.6. The van der Waals surface area contributed by atoms with Crippen LogP contribution in [0.3, 0.4) is 0 Å². The monoisotopic (exact) mass is 410 g/mol. The number of nitrogens with zero attached hydrogens (tertiary/aromatic N) is 4. The number of hydrogen-bond donors (Lipinski definition) is 0. The summed E-state index contributed by atoms with van der Waals surface area (Å²) in [5.41, 5.74) is 1.12. The molecule has 0 N–H and O–H groups in total. The number of fused-ring (bicyclic) bond motifs is 1. The van der Waals surface area contributed by atoms with E-state index in [-0.39, 0.29) is 36.5 Å². The Morgan fingerprint density at radius 1 is 1.20 bits per heavy atom. The second-order valence-electron chi connectivity index (χ2n) is 7.45. The molecular weight excluding hydrogens is 388 g/mol. The Hall–Kier alpha value is -3.46. The smallest absolute Gasteiger partial charge is 0.271 e. The van der Waals surface area contributed by atoms with Crippen LogP contribution in [-0.2, 0) is 9.59 Å². The van der Waals surface area contributed by atoms with Gasteiger partial charge in [0.15, 0.2) is 6.61 Å². The Kier molecular flexibility index (Phi) is 5.37. The lowest BCUT2D eigenvalue weighted by Crippen LogP contribution is -2.53. The van der Waals surface area contributed by atoms with Gasteiger partial charge in [0.2, 0.25) is 5.91 Å². The van der Waals surface area contributed by atoms with E-state index in [2.05, 4.69) is 4.90 Å². The fourth-order valence-electron chi connectivity index (χ4n) is 3.88. The molecule has 1 fully saturated rings. The Bertz CT molecular complexity index is 981. The maximum Gasteiger partial charge on any atom is 0.271 e. The molecule has 1 saturated heterocycles. The van der Waals surface area contributed by atoms with E-state index in [1.165, 1.54) is 23.1 Å². The summed E-state index contributed by atoms with van der Waals surface area (Å²) < 4.78 is 5.39. The van der Waals surface area contributed by atoms with Gasteiger partial charge < -0.3 is 14.5 Å². The third-order valence-corrected chi connectivity index (χ3v) is 5.48. The third-order valence-electron chi connectivity index (χ3n) is 5.48. The standard InChI is InChI=1S/C21H22N4O5/c1-22-9-10-23(18(12-22)15-5-3-2-4-6-15)20(26)13-24-17-11-16(25(28)29)7-8-19(17)30-14-21(24)27/h2-8,11,18H,9-10,12-14H2,1H3. The molecule has 0 aromatic heterocycles. The second kappa shape index (κ2) is 8.11. The van der Waals surface area contributed by atoms with E-state index in [0.29, 0.717) is 18.8 Å². The molecule has 2 aliphatic heterocycles. The van der Waals surface area contributed by atoms with E-state index in [4.69, 9.17) is 4.74 Å². The first-order valence-electron chi connectivity index (χ1n) is 9.68. The van der Waals surface area contributed by atoms with E-state index in [1.54, 1.807) is 4.90 Å². The van der Waals surface area contributed by atoms with Crippen LogP contribution < -0.4 is 9.64 Å². The number of hydrogen-bond acceptors (Lipinski definition) is 6. The Balaban J connectivity index is 1.60. The number of amides is 2. The molecule has 1 atom stereocenters. The van der Waals surface area contributed by atoms with Gasteiger partial charge in [-0.15, -0.1) is 0 Å².